The summed E-state index contributed by atoms with van der Waals surface area (Å²) in [6.45, 7) is 2.85. The Bertz CT molecular complexity index is 1010. The molecule has 0 bridgehead atoms. The number of amides is 1. The molecule has 3 aromatic rings. The standard InChI is InChI=1S/C22H23ClFN5O/c1-15-3-2-12-28(20(15)9-7-18-6-4-16(23)14-25-18)22(30)19-8-5-17(24)13-21(19)29-26-10-11-27-29/h4-6,8,10-11,13-15,20H,2-3,7,9,12H2,1H3/t15-,20-/m1/s1. The van der Waals surface area contributed by atoms with E-state index in [4.69, 9.17) is 11.6 Å². The summed E-state index contributed by atoms with van der Waals surface area (Å²) in [4.78, 5) is 21.1. The van der Waals surface area contributed by atoms with Gasteiger partial charge in [-0.05, 0) is 55.9 Å². The normalized spacial score (nSPS) is 19.1. The van der Waals surface area contributed by atoms with E-state index in [9.17, 15) is 9.18 Å². The van der Waals surface area contributed by atoms with Crippen molar-refractivity contribution in [3.63, 3.8) is 0 Å². The third-order valence-corrected chi connectivity index (χ3v) is 5.91. The zero-order valence-electron chi connectivity index (χ0n) is 16.7. The van der Waals surface area contributed by atoms with E-state index in [1.807, 2.05) is 17.0 Å². The van der Waals surface area contributed by atoms with Gasteiger partial charge in [-0.3, -0.25) is 9.78 Å². The fraction of sp³-hybridized carbons (Fsp3) is 0.364. The number of pyridine rings is 1. The molecule has 3 heterocycles. The largest absolute Gasteiger partial charge is 0.335 e. The first-order valence-electron chi connectivity index (χ1n) is 10.1. The Labute approximate surface area is 179 Å². The van der Waals surface area contributed by atoms with Crippen molar-refractivity contribution in [2.45, 2.75) is 38.6 Å². The molecule has 8 heteroatoms. The maximum atomic E-state index is 13.9. The number of benzene rings is 1. The Kier molecular flexibility index (Phi) is 6.08. The Hall–Kier alpha value is -2.80. The Morgan fingerprint density at radius 2 is 2.03 bits per heavy atom. The highest BCUT2D eigenvalue weighted by Gasteiger charge is 2.33. The molecule has 0 spiro atoms. The predicted octanol–water partition coefficient (Wildman–Crippen LogP) is 4.33. The van der Waals surface area contributed by atoms with Gasteiger partial charge in [-0.1, -0.05) is 18.5 Å². The first-order chi connectivity index (χ1) is 14.5. The van der Waals surface area contributed by atoms with E-state index >= 15 is 0 Å². The van der Waals surface area contributed by atoms with Crippen LogP contribution in [0.3, 0.4) is 0 Å². The van der Waals surface area contributed by atoms with Crippen molar-refractivity contribution < 1.29 is 9.18 Å². The number of nitrogens with zero attached hydrogens (tertiary/aromatic N) is 5. The fourth-order valence-electron chi connectivity index (χ4n) is 4.14. The minimum absolute atomic E-state index is 0.0761. The highest BCUT2D eigenvalue weighted by molar-refractivity contribution is 6.30. The fourth-order valence-corrected chi connectivity index (χ4v) is 4.25. The number of hydrogen-bond donors (Lipinski definition) is 0. The maximum Gasteiger partial charge on any atom is 0.256 e. The first kappa shape index (κ1) is 20.5. The molecule has 0 N–H and O–H groups in total. The van der Waals surface area contributed by atoms with E-state index in [2.05, 4.69) is 22.1 Å². The third kappa shape index (κ3) is 4.36. The van der Waals surface area contributed by atoms with E-state index < -0.39 is 5.82 Å². The van der Waals surface area contributed by atoms with Gasteiger partial charge in [0, 0.05) is 30.5 Å². The summed E-state index contributed by atoms with van der Waals surface area (Å²) in [6, 6.07) is 7.95. The number of carbonyl (C=O) groups is 1. The molecule has 1 fully saturated rings. The molecule has 0 unspecified atom stereocenters. The maximum absolute atomic E-state index is 13.9. The lowest BCUT2D eigenvalue weighted by molar-refractivity contribution is 0.0498. The number of carbonyl (C=O) groups excluding carboxylic acids is 1. The van der Waals surface area contributed by atoms with E-state index in [1.54, 1.807) is 6.20 Å². The molecule has 1 aliphatic rings. The number of hydrogen-bond acceptors (Lipinski definition) is 4. The minimum atomic E-state index is -0.434. The summed E-state index contributed by atoms with van der Waals surface area (Å²) < 4.78 is 13.9. The molecule has 2 atom stereocenters. The Morgan fingerprint density at radius 3 is 2.77 bits per heavy atom. The SMILES string of the molecule is C[C@@H]1CCCN(C(=O)c2ccc(F)cc2-n2nccn2)[C@@H]1CCc1ccc(Cl)cn1. The highest BCUT2D eigenvalue weighted by Crippen LogP contribution is 2.29. The molecule has 30 heavy (non-hydrogen) atoms. The quantitative estimate of drug-likeness (QED) is 0.608. The average molecular weight is 428 g/mol. The number of aryl methyl sites for hydroxylation is 1. The number of halogens is 2. The van der Waals surface area contributed by atoms with Crippen molar-refractivity contribution in [2.75, 3.05) is 6.54 Å². The van der Waals surface area contributed by atoms with E-state index in [1.165, 1.54) is 35.4 Å². The molecule has 0 saturated carbocycles. The van der Waals surface area contributed by atoms with Crippen molar-refractivity contribution in [2.24, 2.45) is 5.92 Å². The second-order valence-electron chi connectivity index (χ2n) is 7.67. The zero-order chi connectivity index (χ0) is 21.1. The second kappa shape index (κ2) is 8.92. The van der Waals surface area contributed by atoms with Crippen LogP contribution in [-0.4, -0.2) is 43.4 Å². The van der Waals surface area contributed by atoms with Gasteiger partial charge < -0.3 is 4.90 Å². The van der Waals surface area contributed by atoms with Gasteiger partial charge in [-0.25, -0.2) is 4.39 Å². The first-order valence-corrected chi connectivity index (χ1v) is 10.5. The molecule has 4 rings (SSSR count). The van der Waals surface area contributed by atoms with Crippen molar-refractivity contribution in [3.8, 4) is 5.69 Å². The number of aromatic nitrogens is 4. The van der Waals surface area contributed by atoms with Gasteiger partial charge in [-0.15, -0.1) is 0 Å². The van der Waals surface area contributed by atoms with Crippen LogP contribution >= 0.6 is 11.6 Å². The molecule has 1 amide bonds. The van der Waals surface area contributed by atoms with Crippen molar-refractivity contribution >= 4 is 17.5 Å². The number of likely N-dealkylation sites (tertiary alicyclic amines) is 1. The van der Waals surface area contributed by atoms with Crippen LogP contribution in [0.1, 0.15) is 42.2 Å². The molecular formula is C22H23ClFN5O. The molecule has 6 nitrogen and oxygen atoms in total. The van der Waals surface area contributed by atoms with Crippen LogP contribution in [0.5, 0.6) is 0 Å². The third-order valence-electron chi connectivity index (χ3n) is 5.69. The summed E-state index contributed by atoms with van der Waals surface area (Å²) in [5.41, 5.74) is 1.70. The lowest BCUT2D eigenvalue weighted by atomic mass is 9.87. The summed E-state index contributed by atoms with van der Waals surface area (Å²) in [5, 5.41) is 8.77. The van der Waals surface area contributed by atoms with Gasteiger partial charge in [0.1, 0.15) is 11.5 Å². The van der Waals surface area contributed by atoms with Gasteiger partial charge in [-0.2, -0.15) is 15.0 Å². The van der Waals surface area contributed by atoms with Crippen molar-refractivity contribution in [1.29, 1.82) is 0 Å². The van der Waals surface area contributed by atoms with Gasteiger partial charge in [0.25, 0.3) is 5.91 Å². The van der Waals surface area contributed by atoms with Crippen LogP contribution in [0.15, 0.2) is 48.9 Å². The van der Waals surface area contributed by atoms with E-state index in [0.717, 1.165) is 31.4 Å². The lowest BCUT2D eigenvalue weighted by Crippen LogP contribution is -2.48. The van der Waals surface area contributed by atoms with Gasteiger partial charge in [0.2, 0.25) is 0 Å². The van der Waals surface area contributed by atoms with Crippen LogP contribution < -0.4 is 0 Å². The summed E-state index contributed by atoms with van der Waals surface area (Å²) in [5.74, 6) is -0.194. The van der Waals surface area contributed by atoms with Crippen LogP contribution in [0.25, 0.3) is 5.69 Å². The Morgan fingerprint density at radius 1 is 1.23 bits per heavy atom. The van der Waals surface area contributed by atoms with Gasteiger partial charge in [0.15, 0.2) is 0 Å². The topological polar surface area (TPSA) is 63.9 Å². The number of piperidine rings is 1. The van der Waals surface area contributed by atoms with E-state index in [-0.39, 0.29) is 11.9 Å². The van der Waals surface area contributed by atoms with Crippen molar-refractivity contribution in [3.05, 3.63) is 71.0 Å². The summed E-state index contributed by atoms with van der Waals surface area (Å²) >= 11 is 5.93. The highest BCUT2D eigenvalue weighted by atomic mass is 35.5. The smallest absolute Gasteiger partial charge is 0.256 e. The van der Waals surface area contributed by atoms with Crippen LogP contribution in [0.2, 0.25) is 5.02 Å². The lowest BCUT2D eigenvalue weighted by Gasteiger charge is -2.40. The summed E-state index contributed by atoms with van der Waals surface area (Å²) in [6.07, 6.45) is 8.23. The van der Waals surface area contributed by atoms with Gasteiger partial charge in [0.05, 0.1) is 23.0 Å². The van der Waals surface area contributed by atoms with Crippen LogP contribution in [0.4, 0.5) is 4.39 Å². The molecule has 2 aromatic heterocycles. The molecule has 0 aliphatic carbocycles. The second-order valence-corrected chi connectivity index (χ2v) is 8.11. The molecule has 0 radical (unpaired) electrons. The molecular weight excluding hydrogens is 405 g/mol. The summed E-state index contributed by atoms with van der Waals surface area (Å²) in [7, 11) is 0. The van der Waals surface area contributed by atoms with Gasteiger partial charge >= 0.3 is 0 Å². The predicted molar refractivity (Wildman–Crippen MR) is 112 cm³/mol. The molecule has 1 saturated heterocycles. The van der Waals surface area contributed by atoms with Crippen LogP contribution in [0, 0.1) is 11.7 Å². The molecule has 1 aromatic carbocycles. The average Bonchev–Trinajstić information content (AvgIpc) is 3.28. The number of rotatable bonds is 5. The van der Waals surface area contributed by atoms with Crippen LogP contribution in [-0.2, 0) is 6.42 Å². The van der Waals surface area contributed by atoms with E-state index in [0.29, 0.717) is 28.7 Å². The molecule has 1 aliphatic heterocycles. The monoisotopic (exact) mass is 427 g/mol. The minimum Gasteiger partial charge on any atom is -0.335 e. The zero-order valence-corrected chi connectivity index (χ0v) is 17.5. The Balaban J connectivity index is 1.59. The molecule has 156 valence electrons. The van der Waals surface area contributed by atoms with Crippen molar-refractivity contribution in [1.82, 2.24) is 24.9 Å².